The van der Waals surface area contributed by atoms with E-state index in [-0.39, 0.29) is 11.4 Å². The second-order valence-electron chi connectivity index (χ2n) is 3.85. The number of hydrogen-bond donors (Lipinski definition) is 1. The van der Waals surface area contributed by atoms with Crippen molar-refractivity contribution in [3.05, 3.63) is 50.2 Å². The molecular weight excluding hydrogens is 269 g/mol. The molecule has 0 aliphatic heterocycles. The Hall–Kier alpha value is -2.02. The minimum atomic E-state index is -0.630. The van der Waals surface area contributed by atoms with E-state index in [4.69, 9.17) is 0 Å². The molecule has 1 aromatic carbocycles. The van der Waals surface area contributed by atoms with Crippen molar-refractivity contribution in [2.45, 2.75) is 19.9 Å². The first-order valence-electron chi connectivity index (χ1n) is 5.71. The molecule has 0 saturated heterocycles. The molecule has 100 valence electrons. The molecule has 7 heteroatoms. The smallest absolute Gasteiger partial charge is 0.272 e. The van der Waals surface area contributed by atoms with E-state index in [2.05, 4.69) is 10.3 Å². The van der Waals surface area contributed by atoms with Crippen molar-refractivity contribution in [3.63, 3.8) is 0 Å². The van der Waals surface area contributed by atoms with Crippen LogP contribution in [0.15, 0.2) is 24.4 Å². The third-order valence-corrected chi connectivity index (χ3v) is 3.66. The van der Waals surface area contributed by atoms with Gasteiger partial charge in [-0.05, 0) is 12.5 Å². The van der Waals surface area contributed by atoms with E-state index in [0.717, 1.165) is 22.4 Å². The zero-order chi connectivity index (χ0) is 13.8. The molecule has 1 N–H and O–H groups in total. The van der Waals surface area contributed by atoms with Crippen LogP contribution in [0.5, 0.6) is 0 Å². The summed E-state index contributed by atoms with van der Waals surface area (Å²) in [5.74, 6) is -0.630. The van der Waals surface area contributed by atoms with Gasteiger partial charge in [0.2, 0.25) is 0 Å². The van der Waals surface area contributed by atoms with Gasteiger partial charge in [0.15, 0.2) is 5.82 Å². The molecule has 0 bridgehead atoms. The van der Waals surface area contributed by atoms with Crippen molar-refractivity contribution >= 4 is 22.7 Å². The zero-order valence-electron chi connectivity index (χ0n) is 10.2. The van der Waals surface area contributed by atoms with E-state index in [9.17, 15) is 14.5 Å². The number of aromatic nitrogens is 1. The van der Waals surface area contributed by atoms with Crippen LogP contribution in [-0.2, 0) is 13.0 Å². The van der Waals surface area contributed by atoms with Crippen LogP contribution in [0.1, 0.15) is 16.8 Å². The Morgan fingerprint density at radius 1 is 1.53 bits per heavy atom. The zero-order valence-corrected chi connectivity index (χ0v) is 11.0. The lowest BCUT2D eigenvalue weighted by atomic mass is 10.2. The molecule has 0 aliphatic rings. The van der Waals surface area contributed by atoms with Crippen LogP contribution >= 0.6 is 11.3 Å². The first-order chi connectivity index (χ1) is 9.10. The van der Waals surface area contributed by atoms with Crippen LogP contribution in [0.25, 0.3) is 0 Å². The van der Waals surface area contributed by atoms with E-state index in [0.29, 0.717) is 6.54 Å². The van der Waals surface area contributed by atoms with Gasteiger partial charge in [0.25, 0.3) is 5.69 Å². The van der Waals surface area contributed by atoms with Crippen LogP contribution in [0.4, 0.5) is 15.8 Å². The molecule has 0 amide bonds. The summed E-state index contributed by atoms with van der Waals surface area (Å²) in [6.45, 7) is 2.47. The Bertz CT molecular complexity index is 600. The van der Waals surface area contributed by atoms with E-state index < -0.39 is 10.7 Å². The normalized spacial score (nSPS) is 10.4. The fourth-order valence-electron chi connectivity index (χ4n) is 1.54. The number of nitrogens with one attached hydrogen (secondary N) is 1. The molecule has 2 rings (SSSR count). The van der Waals surface area contributed by atoms with Gasteiger partial charge < -0.3 is 5.32 Å². The molecule has 1 heterocycles. The largest absolute Gasteiger partial charge is 0.378 e. The molecule has 0 aliphatic carbocycles. The minimum Gasteiger partial charge on any atom is -0.378 e. The number of non-ortho nitro benzene ring substituents is 1. The Morgan fingerprint density at radius 3 is 2.89 bits per heavy atom. The van der Waals surface area contributed by atoms with E-state index >= 15 is 0 Å². The highest BCUT2D eigenvalue weighted by Gasteiger charge is 2.10. The second kappa shape index (κ2) is 5.75. The Kier molecular flexibility index (Phi) is 4.06. The lowest BCUT2D eigenvalue weighted by Crippen LogP contribution is -2.00. The van der Waals surface area contributed by atoms with Gasteiger partial charge in [0, 0.05) is 17.1 Å². The van der Waals surface area contributed by atoms with E-state index in [1.54, 1.807) is 17.5 Å². The highest BCUT2D eigenvalue weighted by molar-refractivity contribution is 7.11. The van der Waals surface area contributed by atoms with Gasteiger partial charge in [0.05, 0.1) is 28.2 Å². The lowest BCUT2D eigenvalue weighted by molar-refractivity contribution is -0.385. The Balaban J connectivity index is 2.05. The van der Waals surface area contributed by atoms with Gasteiger partial charge in [-0.25, -0.2) is 9.37 Å². The van der Waals surface area contributed by atoms with Crippen LogP contribution in [0.2, 0.25) is 0 Å². The van der Waals surface area contributed by atoms with Gasteiger partial charge in [-0.1, -0.05) is 6.92 Å². The lowest BCUT2D eigenvalue weighted by Gasteiger charge is -2.05. The first-order valence-corrected chi connectivity index (χ1v) is 6.53. The third-order valence-electron chi connectivity index (χ3n) is 2.52. The van der Waals surface area contributed by atoms with Crippen LogP contribution < -0.4 is 5.32 Å². The fraction of sp³-hybridized carbons (Fsp3) is 0.250. The highest BCUT2D eigenvalue weighted by atomic mass is 32.1. The third kappa shape index (κ3) is 3.25. The molecule has 19 heavy (non-hydrogen) atoms. The number of rotatable bonds is 5. The van der Waals surface area contributed by atoms with E-state index in [1.807, 2.05) is 6.92 Å². The summed E-state index contributed by atoms with van der Waals surface area (Å²) in [5.41, 5.74) is -0.00819. The van der Waals surface area contributed by atoms with Crippen molar-refractivity contribution in [1.29, 1.82) is 0 Å². The highest BCUT2D eigenvalue weighted by Crippen LogP contribution is 2.22. The summed E-state index contributed by atoms with van der Waals surface area (Å²) < 4.78 is 13.6. The molecule has 0 saturated carbocycles. The monoisotopic (exact) mass is 281 g/mol. The van der Waals surface area contributed by atoms with Gasteiger partial charge in [-0.3, -0.25) is 10.1 Å². The molecule has 0 radical (unpaired) electrons. The maximum Gasteiger partial charge on any atom is 0.272 e. The summed E-state index contributed by atoms with van der Waals surface area (Å²) in [6.07, 6.45) is 2.62. The topological polar surface area (TPSA) is 68.1 Å². The summed E-state index contributed by atoms with van der Waals surface area (Å²) in [6, 6.07) is 3.55. The predicted octanol–water partition coefficient (Wildman–Crippen LogP) is 3.36. The van der Waals surface area contributed by atoms with Gasteiger partial charge in [-0.2, -0.15) is 0 Å². The molecule has 0 atom stereocenters. The molecule has 1 aromatic heterocycles. The summed E-state index contributed by atoms with van der Waals surface area (Å²) >= 11 is 1.56. The number of nitrogens with zero attached hydrogens (tertiary/aromatic N) is 2. The molecule has 0 unspecified atom stereocenters. The number of nitro groups is 1. The van der Waals surface area contributed by atoms with E-state index in [1.165, 1.54) is 12.1 Å². The van der Waals surface area contributed by atoms with Crippen LogP contribution in [0, 0.1) is 15.9 Å². The molecule has 2 aromatic rings. The number of halogens is 1. The van der Waals surface area contributed by atoms with Crippen molar-refractivity contribution in [1.82, 2.24) is 4.98 Å². The standard InChI is InChI=1S/C12H12FN3O2S/c1-2-12-15-7-9(19-12)6-14-11-4-3-8(16(17)18)5-10(11)13/h3-5,7,14H,2,6H2,1H3. The maximum absolute atomic E-state index is 13.6. The molecular formula is C12H12FN3O2S. The maximum atomic E-state index is 13.6. The summed E-state index contributed by atoms with van der Waals surface area (Å²) in [5, 5.41) is 14.4. The molecule has 0 spiro atoms. The fourth-order valence-corrected chi connectivity index (χ4v) is 2.34. The summed E-state index contributed by atoms with van der Waals surface area (Å²) in [7, 11) is 0. The second-order valence-corrected chi connectivity index (χ2v) is 5.05. The Labute approximate surface area is 113 Å². The first kappa shape index (κ1) is 13.4. The average molecular weight is 281 g/mol. The van der Waals surface area contributed by atoms with Gasteiger partial charge >= 0.3 is 0 Å². The SMILES string of the molecule is CCc1ncc(CNc2ccc([N+](=O)[O-])cc2F)s1. The number of hydrogen-bond acceptors (Lipinski definition) is 5. The molecule has 5 nitrogen and oxygen atoms in total. The molecule has 0 fully saturated rings. The quantitative estimate of drug-likeness (QED) is 0.674. The van der Waals surface area contributed by atoms with Crippen molar-refractivity contribution in [2.75, 3.05) is 5.32 Å². The number of nitro benzene ring substituents is 1. The number of anilines is 1. The van der Waals surface area contributed by atoms with Crippen molar-refractivity contribution < 1.29 is 9.31 Å². The van der Waals surface area contributed by atoms with Crippen molar-refractivity contribution in [3.8, 4) is 0 Å². The number of benzene rings is 1. The predicted molar refractivity (Wildman–Crippen MR) is 71.9 cm³/mol. The number of aryl methyl sites for hydroxylation is 1. The number of thiazole rings is 1. The van der Waals surface area contributed by atoms with Gasteiger partial charge in [0.1, 0.15) is 0 Å². The van der Waals surface area contributed by atoms with Crippen LogP contribution in [-0.4, -0.2) is 9.91 Å². The van der Waals surface area contributed by atoms with Gasteiger partial charge in [-0.15, -0.1) is 11.3 Å². The van der Waals surface area contributed by atoms with Crippen molar-refractivity contribution in [2.24, 2.45) is 0 Å². The van der Waals surface area contributed by atoms with Crippen LogP contribution in [0.3, 0.4) is 0 Å². The minimum absolute atomic E-state index is 0.247. The average Bonchev–Trinajstić information content (AvgIpc) is 2.85. The Morgan fingerprint density at radius 2 is 2.32 bits per heavy atom. The summed E-state index contributed by atoms with van der Waals surface area (Å²) in [4.78, 5) is 15.1.